The summed E-state index contributed by atoms with van der Waals surface area (Å²) in [4.78, 5) is 119. The van der Waals surface area contributed by atoms with Gasteiger partial charge in [-0.15, -0.1) is 0 Å². The first-order valence-electron chi connectivity index (χ1n) is 30.3. The summed E-state index contributed by atoms with van der Waals surface area (Å²) in [6.45, 7) is 18.8. The molecule has 6 aromatic rings. The van der Waals surface area contributed by atoms with Crippen LogP contribution in [0.25, 0.3) is 0 Å². The Morgan fingerprint density at radius 1 is 0.312 bits per heavy atom. The van der Waals surface area contributed by atoms with E-state index in [1.165, 1.54) is 48.5 Å². The van der Waals surface area contributed by atoms with Gasteiger partial charge in [-0.2, -0.15) is 0 Å². The Hall–Kier alpha value is -11.6. The van der Waals surface area contributed by atoms with Crippen molar-refractivity contribution in [2.45, 2.75) is 71.6 Å². The summed E-state index contributed by atoms with van der Waals surface area (Å²) in [5, 5.41) is 0. The third-order valence-corrected chi connectivity index (χ3v) is 13.0. The lowest BCUT2D eigenvalue weighted by molar-refractivity contribution is -0.138. The first kappa shape index (κ1) is 75.1. The summed E-state index contributed by atoms with van der Waals surface area (Å²) in [5.41, 5.74) is 3.24. The van der Waals surface area contributed by atoms with Crippen LogP contribution in [0.2, 0.25) is 0 Å². The van der Waals surface area contributed by atoms with Crippen molar-refractivity contribution in [1.82, 2.24) is 0 Å². The van der Waals surface area contributed by atoms with Gasteiger partial charge in [0.25, 0.3) is 0 Å². The molecule has 0 heterocycles. The molecular weight excluding hydrogens is 1240 g/mol. The minimum Gasteiger partial charge on any atom is -0.494 e. The van der Waals surface area contributed by atoms with E-state index in [1.807, 2.05) is 0 Å². The molecule has 23 nitrogen and oxygen atoms in total. The minimum absolute atomic E-state index is 0.0754. The van der Waals surface area contributed by atoms with Crippen molar-refractivity contribution in [3.63, 3.8) is 0 Å². The van der Waals surface area contributed by atoms with Crippen LogP contribution in [0.15, 0.2) is 184 Å². The molecule has 23 heteroatoms. The normalized spacial score (nSPS) is 10.2. The number of hydrogen-bond acceptors (Lipinski definition) is 23. The van der Waals surface area contributed by atoms with Crippen LogP contribution in [0.3, 0.4) is 0 Å². The number of rotatable bonds is 37. The van der Waals surface area contributed by atoms with E-state index in [0.717, 1.165) is 24.3 Å². The highest BCUT2D eigenvalue weighted by atomic mass is 16.7. The zero-order valence-electron chi connectivity index (χ0n) is 53.3. The summed E-state index contributed by atoms with van der Waals surface area (Å²) < 4.78 is 67.6. The average molecular weight is 1320 g/mol. The van der Waals surface area contributed by atoms with Gasteiger partial charge in [-0.25, -0.2) is 43.2 Å². The van der Waals surface area contributed by atoms with Crippen LogP contribution in [0.4, 0.5) is 9.59 Å². The second-order valence-corrected chi connectivity index (χ2v) is 20.3. The van der Waals surface area contributed by atoms with E-state index < -0.39 is 54.1 Å². The summed E-state index contributed by atoms with van der Waals surface area (Å²) in [6.07, 6.45) is 7.30. The maximum atomic E-state index is 12.9. The van der Waals surface area contributed by atoms with Crippen LogP contribution in [0.5, 0.6) is 40.2 Å². The van der Waals surface area contributed by atoms with Crippen LogP contribution in [0, 0.1) is 13.8 Å². The number of benzene rings is 6. The molecule has 0 atom stereocenters. The lowest BCUT2D eigenvalue weighted by Crippen LogP contribution is -2.13. The Labute approximate surface area is 555 Å². The lowest BCUT2D eigenvalue weighted by Gasteiger charge is -2.11. The quantitative estimate of drug-likeness (QED) is 0.00666. The molecule has 96 heavy (non-hydrogen) atoms. The molecular formula is C73H74O23. The van der Waals surface area contributed by atoms with Crippen LogP contribution in [-0.4, -0.2) is 113 Å². The van der Waals surface area contributed by atoms with Crippen molar-refractivity contribution in [3.05, 3.63) is 223 Å². The molecule has 6 aromatic carbocycles. The molecule has 0 fully saturated rings. The third kappa shape index (κ3) is 28.5. The molecule has 0 amide bonds. The fraction of sp³-hybridized carbons (Fsp3) is 0.260. The molecule has 0 spiro atoms. The highest BCUT2D eigenvalue weighted by molar-refractivity contribution is 5.98. The van der Waals surface area contributed by atoms with E-state index in [1.54, 1.807) is 98.8 Å². The van der Waals surface area contributed by atoms with Crippen molar-refractivity contribution < 1.29 is 110 Å². The largest absolute Gasteiger partial charge is 0.513 e. The van der Waals surface area contributed by atoms with E-state index in [2.05, 4.69) is 26.3 Å². The molecule has 0 aromatic heterocycles. The van der Waals surface area contributed by atoms with Crippen LogP contribution >= 0.6 is 0 Å². The monoisotopic (exact) mass is 1320 g/mol. The fourth-order valence-corrected chi connectivity index (χ4v) is 7.93. The number of ketones is 1. The number of Topliss-reactive ketones (excluding diaryl/α,β-unsaturated/α-hetero) is 1. The number of aryl methyl sites for hydroxylation is 2. The number of unbranched alkanes of at least 4 members (excludes halogenated alkanes) is 4. The van der Waals surface area contributed by atoms with E-state index in [9.17, 15) is 47.9 Å². The molecule has 0 aliphatic rings. The van der Waals surface area contributed by atoms with Gasteiger partial charge in [-0.1, -0.05) is 38.4 Å². The summed E-state index contributed by atoms with van der Waals surface area (Å²) in [6, 6.07) is 34.6. The number of carbonyl (C=O) groups excluding carboxylic acids is 10. The molecule has 0 saturated heterocycles. The average Bonchev–Trinajstić information content (AvgIpc) is 0.909. The van der Waals surface area contributed by atoms with Gasteiger partial charge in [0, 0.05) is 36.3 Å². The number of ether oxygens (including phenoxy) is 13. The Bertz CT molecular complexity index is 3630. The van der Waals surface area contributed by atoms with Crippen LogP contribution in [0.1, 0.15) is 109 Å². The van der Waals surface area contributed by atoms with Crippen LogP contribution in [-0.2, 0) is 54.0 Å². The molecule has 0 unspecified atom stereocenters. The van der Waals surface area contributed by atoms with Crippen molar-refractivity contribution >= 4 is 59.9 Å². The van der Waals surface area contributed by atoms with Gasteiger partial charge in [0.2, 0.25) is 0 Å². The molecule has 0 bridgehead atoms. The minimum atomic E-state index is -0.915. The summed E-state index contributed by atoms with van der Waals surface area (Å²) in [5.74, 6) is -1.33. The molecule has 0 aliphatic heterocycles. The smallest absolute Gasteiger partial charge is 0.494 e. The van der Waals surface area contributed by atoms with E-state index in [-0.39, 0.29) is 55.7 Å². The SMILES string of the molecule is C=CC(=O)OCCCCOC(=O)Oc1ccc(C(=O)Cc2ccc(OC(=O)c3ccc(OC(=O)OCCCCOC(=O)C=C)cc3)c(C)c2)cc1.C=CC(=O)OCCCCOc1ccc(C(=O)Oc2ccc(OC(=O)c3ccc(OCCCCOC(=O)C=C)cc3)c(C)c2)cc1. The predicted octanol–water partition coefficient (Wildman–Crippen LogP) is 12.9. The van der Waals surface area contributed by atoms with Gasteiger partial charge >= 0.3 is 54.1 Å². The topological polar surface area (TPSA) is 291 Å². The third-order valence-electron chi connectivity index (χ3n) is 13.0. The Morgan fingerprint density at radius 3 is 0.969 bits per heavy atom. The fourth-order valence-electron chi connectivity index (χ4n) is 7.93. The zero-order chi connectivity index (χ0) is 69.5. The lowest BCUT2D eigenvalue weighted by atomic mass is 10.0. The highest BCUT2D eigenvalue weighted by Gasteiger charge is 2.18. The second kappa shape index (κ2) is 41.8. The number of hydrogen-bond donors (Lipinski definition) is 0. The first-order valence-corrected chi connectivity index (χ1v) is 30.3. The van der Waals surface area contributed by atoms with Crippen molar-refractivity contribution in [1.29, 1.82) is 0 Å². The van der Waals surface area contributed by atoms with Crippen molar-refractivity contribution in [2.24, 2.45) is 0 Å². The Balaban J connectivity index is 0.000000350. The molecule has 0 N–H and O–H groups in total. The first-order chi connectivity index (χ1) is 46.4. The maximum Gasteiger partial charge on any atom is 0.513 e. The van der Waals surface area contributed by atoms with E-state index in [4.69, 9.17) is 61.6 Å². The standard InChI is InChI=1S/C38H38O13.C35H36O10/c1-4-34(40)45-20-6-8-22-47-37(43)49-30-15-11-28(12-16-30)32(39)25-27-10-19-33(26(3)24-27)51-36(42)29-13-17-31(18-14-29)50-38(44)48-23-9-7-21-46-35(41)5-2;1-4-32(36)42-22-8-6-20-40-28-14-10-26(11-15-28)34(38)44-30-18-19-31(25(3)24-30)45-35(39)27-12-16-29(17-13-27)41-21-7-9-23-43-33(37)5-2/h4-5,10-19,24H,1-2,6-9,20-23,25H2,3H3;4-5,10-19,24H,1-2,6-9,20-23H2,3H3. The van der Waals surface area contributed by atoms with Gasteiger partial charge in [0.1, 0.15) is 40.2 Å². The number of esters is 7. The Morgan fingerprint density at radius 2 is 0.615 bits per heavy atom. The van der Waals surface area contributed by atoms with Crippen molar-refractivity contribution in [2.75, 3.05) is 52.9 Å². The second-order valence-electron chi connectivity index (χ2n) is 20.3. The zero-order valence-corrected chi connectivity index (χ0v) is 53.3. The molecule has 6 rings (SSSR count). The van der Waals surface area contributed by atoms with Gasteiger partial charge in [0.05, 0.1) is 69.5 Å². The van der Waals surface area contributed by atoms with E-state index >= 15 is 0 Å². The molecule has 0 radical (unpaired) electrons. The van der Waals surface area contributed by atoms with Crippen molar-refractivity contribution in [3.8, 4) is 40.2 Å². The predicted molar refractivity (Wildman–Crippen MR) is 348 cm³/mol. The molecule has 504 valence electrons. The van der Waals surface area contributed by atoms with E-state index in [0.29, 0.717) is 140 Å². The van der Waals surface area contributed by atoms with Crippen LogP contribution < -0.4 is 33.2 Å². The summed E-state index contributed by atoms with van der Waals surface area (Å²) in [7, 11) is 0. The molecule has 0 aliphatic carbocycles. The highest BCUT2D eigenvalue weighted by Crippen LogP contribution is 2.27. The number of carbonyl (C=O) groups is 10. The Kier molecular flexibility index (Phi) is 32.7. The van der Waals surface area contributed by atoms with Gasteiger partial charge in [0.15, 0.2) is 5.78 Å². The maximum absolute atomic E-state index is 12.9. The van der Waals surface area contributed by atoms with Gasteiger partial charge < -0.3 is 61.6 Å². The van der Waals surface area contributed by atoms with Gasteiger partial charge in [-0.3, -0.25) is 4.79 Å². The molecule has 0 saturated carbocycles. The summed E-state index contributed by atoms with van der Waals surface area (Å²) >= 11 is 0. The van der Waals surface area contributed by atoms with Gasteiger partial charge in [-0.05, 0) is 203 Å².